The summed E-state index contributed by atoms with van der Waals surface area (Å²) >= 11 is 1.32. The van der Waals surface area contributed by atoms with Crippen LogP contribution in [-0.2, 0) is 0 Å². The van der Waals surface area contributed by atoms with Crippen molar-refractivity contribution in [2.24, 2.45) is 5.11 Å². The fraction of sp³-hybridized carbons (Fsp3) is 0.125. The van der Waals surface area contributed by atoms with Crippen molar-refractivity contribution in [2.45, 2.75) is 0 Å². The van der Waals surface area contributed by atoms with Crippen molar-refractivity contribution >= 4 is 23.4 Å². The first-order valence-corrected chi connectivity index (χ1v) is 4.67. The van der Waals surface area contributed by atoms with Gasteiger partial charge in [-0.25, -0.2) is 4.79 Å². The van der Waals surface area contributed by atoms with Gasteiger partial charge in [0, 0.05) is 16.8 Å². The molecule has 0 saturated heterocycles. The van der Waals surface area contributed by atoms with Crippen LogP contribution in [0.2, 0.25) is 0 Å². The van der Waals surface area contributed by atoms with Gasteiger partial charge in [0.1, 0.15) is 0 Å². The quantitative estimate of drug-likeness (QED) is 0.469. The first kappa shape index (κ1) is 10.3. The fourth-order valence-corrected chi connectivity index (χ4v) is 1.67. The number of azide groups is 1. The van der Waals surface area contributed by atoms with Crippen molar-refractivity contribution in [3.8, 4) is 0 Å². The Bertz CT molecular complexity index is 404. The summed E-state index contributed by atoms with van der Waals surface area (Å²) in [5.74, 6) is -0.949. The minimum Gasteiger partial charge on any atom is -0.478 e. The van der Waals surface area contributed by atoms with E-state index in [0.29, 0.717) is 5.56 Å². The molecule has 0 aliphatic heterocycles. The molecule has 0 radical (unpaired) electrons. The molecule has 0 unspecified atom stereocenters. The Morgan fingerprint density at radius 3 is 3.14 bits per heavy atom. The molecule has 1 heterocycles. The van der Waals surface area contributed by atoms with Crippen molar-refractivity contribution in [1.82, 2.24) is 0 Å². The lowest BCUT2D eigenvalue weighted by molar-refractivity contribution is 0.0697. The van der Waals surface area contributed by atoms with Gasteiger partial charge in [-0.15, -0.1) is 0 Å². The zero-order chi connectivity index (χ0) is 10.4. The van der Waals surface area contributed by atoms with E-state index in [1.54, 1.807) is 22.9 Å². The monoisotopic (exact) mass is 209 g/mol. The largest absolute Gasteiger partial charge is 0.478 e. The van der Waals surface area contributed by atoms with E-state index >= 15 is 0 Å². The molecule has 6 heteroatoms. The number of carboxylic acid groups (broad SMARTS) is 1. The molecule has 0 atom stereocenters. The second kappa shape index (κ2) is 5.06. The molecule has 72 valence electrons. The van der Waals surface area contributed by atoms with Crippen molar-refractivity contribution in [3.05, 3.63) is 38.4 Å². The lowest BCUT2D eigenvalue weighted by Crippen LogP contribution is -1.95. The maximum atomic E-state index is 10.7. The molecule has 0 amide bonds. The summed E-state index contributed by atoms with van der Waals surface area (Å²) in [5.41, 5.74) is 8.90. The minimum atomic E-state index is -0.949. The topological polar surface area (TPSA) is 86.1 Å². The van der Waals surface area contributed by atoms with Crippen LogP contribution < -0.4 is 0 Å². The van der Waals surface area contributed by atoms with Crippen LogP contribution in [-0.4, -0.2) is 17.6 Å². The van der Waals surface area contributed by atoms with E-state index in [1.165, 1.54) is 11.3 Å². The van der Waals surface area contributed by atoms with Crippen molar-refractivity contribution < 1.29 is 9.90 Å². The molecule has 0 aromatic carbocycles. The Balaban J connectivity index is 2.75. The van der Waals surface area contributed by atoms with Crippen molar-refractivity contribution in [2.75, 3.05) is 6.54 Å². The highest BCUT2D eigenvalue weighted by Gasteiger charge is 2.07. The Morgan fingerprint density at radius 2 is 2.50 bits per heavy atom. The first-order valence-electron chi connectivity index (χ1n) is 3.72. The average Bonchev–Trinajstić information content (AvgIpc) is 2.60. The first-order chi connectivity index (χ1) is 6.75. The molecule has 0 aliphatic rings. The van der Waals surface area contributed by atoms with Gasteiger partial charge in [-0.3, -0.25) is 0 Å². The van der Waals surface area contributed by atoms with E-state index in [4.69, 9.17) is 10.6 Å². The molecule has 0 fully saturated rings. The van der Waals surface area contributed by atoms with Crippen LogP contribution in [0.4, 0.5) is 0 Å². The predicted molar refractivity (Wildman–Crippen MR) is 54.3 cm³/mol. The summed E-state index contributed by atoms with van der Waals surface area (Å²) < 4.78 is 0. The number of thiophene rings is 1. The molecule has 1 aromatic heterocycles. The zero-order valence-electron chi connectivity index (χ0n) is 7.12. The summed E-state index contributed by atoms with van der Waals surface area (Å²) in [6, 6.07) is 0. The van der Waals surface area contributed by atoms with E-state index in [9.17, 15) is 4.79 Å². The molecule has 1 rings (SSSR count). The number of carbonyl (C=O) groups is 1. The highest BCUT2D eigenvalue weighted by molar-refractivity contribution is 7.08. The summed E-state index contributed by atoms with van der Waals surface area (Å²) in [7, 11) is 0. The van der Waals surface area contributed by atoms with Gasteiger partial charge in [-0.2, -0.15) is 11.3 Å². The van der Waals surface area contributed by atoms with Gasteiger partial charge in [-0.05, 0) is 16.5 Å². The molecule has 1 N–H and O–H groups in total. The molecule has 5 nitrogen and oxygen atoms in total. The van der Waals surface area contributed by atoms with E-state index in [1.807, 2.05) is 0 Å². The molecule has 0 spiro atoms. The summed E-state index contributed by atoms with van der Waals surface area (Å²) in [5, 5.41) is 15.3. The number of hydrogen-bond donors (Lipinski definition) is 1. The minimum absolute atomic E-state index is 0.228. The Morgan fingerprint density at radius 1 is 1.71 bits per heavy atom. The number of carboxylic acids is 1. The lowest BCUT2D eigenvalue weighted by Gasteiger charge is -1.90. The molecule has 0 bridgehead atoms. The Kier molecular flexibility index (Phi) is 3.72. The van der Waals surface area contributed by atoms with Crippen LogP contribution in [0, 0.1) is 0 Å². The van der Waals surface area contributed by atoms with Gasteiger partial charge in [0.25, 0.3) is 0 Å². The van der Waals surface area contributed by atoms with Gasteiger partial charge in [0.15, 0.2) is 0 Å². The smallest absolute Gasteiger partial charge is 0.337 e. The number of hydrogen-bond acceptors (Lipinski definition) is 3. The average molecular weight is 209 g/mol. The third-order valence-electron chi connectivity index (χ3n) is 1.47. The second-order valence-electron chi connectivity index (χ2n) is 2.36. The van der Waals surface area contributed by atoms with E-state index < -0.39 is 5.97 Å². The lowest BCUT2D eigenvalue weighted by atomic mass is 10.2. The summed E-state index contributed by atoms with van der Waals surface area (Å²) in [6.45, 7) is 0.228. The van der Waals surface area contributed by atoms with Crippen LogP contribution in [0.3, 0.4) is 0 Å². The standard InChI is InChI=1S/C8H7N3O2S/c9-11-10-3-1-2-6-4-14-5-7(6)8(12)13/h1-2,4-5H,3H2,(H,12,13). The number of nitrogens with zero attached hydrogens (tertiary/aromatic N) is 3. The molecule has 0 saturated carbocycles. The zero-order valence-corrected chi connectivity index (χ0v) is 7.94. The second-order valence-corrected chi connectivity index (χ2v) is 3.11. The van der Waals surface area contributed by atoms with Crippen LogP contribution in [0.15, 0.2) is 22.0 Å². The fourth-order valence-electron chi connectivity index (χ4n) is 0.873. The number of rotatable bonds is 4. The molecular formula is C8H7N3O2S. The number of aromatic carboxylic acids is 1. The van der Waals surface area contributed by atoms with Crippen LogP contribution >= 0.6 is 11.3 Å². The van der Waals surface area contributed by atoms with Crippen LogP contribution in [0.1, 0.15) is 15.9 Å². The molecular weight excluding hydrogens is 202 g/mol. The SMILES string of the molecule is [N-]=[N+]=NCC=Cc1cscc1C(=O)O. The molecule has 14 heavy (non-hydrogen) atoms. The Hall–Kier alpha value is -1.78. The molecule has 1 aromatic rings. The third-order valence-corrected chi connectivity index (χ3v) is 2.23. The van der Waals surface area contributed by atoms with E-state index in [0.717, 1.165) is 0 Å². The Labute approximate surface area is 83.9 Å². The summed E-state index contributed by atoms with van der Waals surface area (Å²) in [6.07, 6.45) is 3.25. The normalized spacial score (nSPS) is 10.0. The maximum Gasteiger partial charge on any atom is 0.337 e. The van der Waals surface area contributed by atoms with Crippen LogP contribution in [0.5, 0.6) is 0 Å². The highest BCUT2D eigenvalue weighted by Crippen LogP contribution is 2.16. The highest BCUT2D eigenvalue weighted by atomic mass is 32.1. The van der Waals surface area contributed by atoms with E-state index in [2.05, 4.69) is 10.0 Å². The van der Waals surface area contributed by atoms with Crippen molar-refractivity contribution in [3.63, 3.8) is 0 Å². The van der Waals surface area contributed by atoms with Gasteiger partial charge in [-0.1, -0.05) is 17.3 Å². The van der Waals surface area contributed by atoms with Gasteiger partial charge in [0.2, 0.25) is 0 Å². The van der Waals surface area contributed by atoms with Gasteiger partial charge in [0.05, 0.1) is 5.56 Å². The third kappa shape index (κ3) is 2.62. The van der Waals surface area contributed by atoms with Gasteiger partial charge < -0.3 is 5.11 Å². The molecule has 0 aliphatic carbocycles. The summed E-state index contributed by atoms with van der Waals surface area (Å²) in [4.78, 5) is 13.2. The van der Waals surface area contributed by atoms with Gasteiger partial charge >= 0.3 is 5.97 Å². The maximum absolute atomic E-state index is 10.7. The van der Waals surface area contributed by atoms with Crippen LogP contribution in [0.25, 0.3) is 16.5 Å². The van der Waals surface area contributed by atoms with Crippen molar-refractivity contribution in [1.29, 1.82) is 0 Å². The van der Waals surface area contributed by atoms with E-state index in [-0.39, 0.29) is 12.1 Å². The predicted octanol–water partition coefficient (Wildman–Crippen LogP) is 2.77.